The van der Waals surface area contributed by atoms with E-state index in [1.165, 1.54) is 0 Å². The first-order valence-electron chi connectivity index (χ1n) is 6.74. The number of rotatable bonds is 6. The summed E-state index contributed by atoms with van der Waals surface area (Å²) in [6.45, 7) is 0.815. The van der Waals surface area contributed by atoms with Gasteiger partial charge < -0.3 is 15.3 Å². The van der Waals surface area contributed by atoms with Crippen molar-refractivity contribution in [3.05, 3.63) is 28.2 Å². The zero-order valence-corrected chi connectivity index (χ0v) is 12.6. The number of anilines is 1. The van der Waals surface area contributed by atoms with Crippen molar-refractivity contribution in [2.45, 2.75) is 31.7 Å². The summed E-state index contributed by atoms with van der Waals surface area (Å²) < 4.78 is 0. The van der Waals surface area contributed by atoms with Crippen LogP contribution in [0.15, 0.2) is 18.2 Å². The number of carbonyl (C=O) groups excluding carboxylic acids is 1. The van der Waals surface area contributed by atoms with E-state index in [1.807, 2.05) is 4.90 Å². The minimum Gasteiger partial charge on any atom is -0.396 e. The summed E-state index contributed by atoms with van der Waals surface area (Å²) in [4.78, 5) is 14.1. The van der Waals surface area contributed by atoms with Gasteiger partial charge in [-0.15, -0.1) is 0 Å². The average molecular weight is 317 g/mol. The summed E-state index contributed by atoms with van der Waals surface area (Å²) in [5.41, 5.74) is 0.598. The molecule has 2 amide bonds. The van der Waals surface area contributed by atoms with Crippen LogP contribution in [0.3, 0.4) is 0 Å². The number of aliphatic hydroxyl groups excluding tert-OH is 1. The number of nitrogens with zero attached hydrogens (tertiary/aromatic N) is 1. The zero-order chi connectivity index (χ0) is 14.5. The predicted molar refractivity (Wildman–Crippen MR) is 81.5 cm³/mol. The third kappa shape index (κ3) is 4.54. The van der Waals surface area contributed by atoms with E-state index in [-0.39, 0.29) is 12.6 Å². The lowest BCUT2D eigenvalue weighted by Crippen LogP contribution is -2.37. The quantitative estimate of drug-likeness (QED) is 0.785. The molecular formula is C14H18Cl2N2O2. The van der Waals surface area contributed by atoms with Gasteiger partial charge in [-0.1, -0.05) is 23.2 Å². The maximum atomic E-state index is 12.3. The topological polar surface area (TPSA) is 52.6 Å². The van der Waals surface area contributed by atoms with Gasteiger partial charge in [0.2, 0.25) is 0 Å². The van der Waals surface area contributed by atoms with E-state index in [0.717, 1.165) is 19.3 Å². The van der Waals surface area contributed by atoms with E-state index in [0.29, 0.717) is 34.7 Å². The van der Waals surface area contributed by atoms with Crippen LogP contribution in [0, 0.1) is 0 Å². The summed E-state index contributed by atoms with van der Waals surface area (Å²) in [5.74, 6) is 0. The molecule has 0 bridgehead atoms. The lowest BCUT2D eigenvalue weighted by Gasteiger charge is -2.23. The van der Waals surface area contributed by atoms with Gasteiger partial charge in [-0.25, -0.2) is 4.79 Å². The number of aliphatic hydroxyl groups is 1. The number of carbonyl (C=O) groups is 1. The molecule has 0 aromatic heterocycles. The summed E-state index contributed by atoms with van der Waals surface area (Å²) in [5, 5.41) is 12.6. The summed E-state index contributed by atoms with van der Waals surface area (Å²) in [7, 11) is 0. The summed E-state index contributed by atoms with van der Waals surface area (Å²) in [6, 6.07) is 5.15. The number of hydrogen-bond donors (Lipinski definition) is 2. The number of hydrogen-bond acceptors (Lipinski definition) is 2. The minimum atomic E-state index is -0.135. The van der Waals surface area contributed by atoms with Crippen molar-refractivity contribution < 1.29 is 9.90 Å². The van der Waals surface area contributed by atoms with Crippen LogP contribution in [0.2, 0.25) is 10.0 Å². The smallest absolute Gasteiger partial charge is 0.322 e. The molecule has 1 aliphatic carbocycles. The number of urea groups is 1. The molecule has 0 unspecified atom stereocenters. The highest BCUT2D eigenvalue weighted by molar-refractivity contribution is 6.35. The Labute approximate surface area is 128 Å². The highest BCUT2D eigenvalue weighted by Crippen LogP contribution is 2.28. The second-order valence-electron chi connectivity index (χ2n) is 4.94. The fourth-order valence-corrected chi connectivity index (χ4v) is 2.58. The number of halogens is 2. The second-order valence-corrected chi connectivity index (χ2v) is 5.82. The molecule has 1 saturated carbocycles. The number of amides is 2. The maximum absolute atomic E-state index is 12.3. The zero-order valence-electron chi connectivity index (χ0n) is 11.1. The molecule has 1 aromatic rings. The van der Waals surface area contributed by atoms with Crippen molar-refractivity contribution in [3.63, 3.8) is 0 Å². The van der Waals surface area contributed by atoms with Gasteiger partial charge >= 0.3 is 6.03 Å². The van der Waals surface area contributed by atoms with Crippen molar-refractivity contribution in [1.29, 1.82) is 0 Å². The van der Waals surface area contributed by atoms with Gasteiger partial charge in [-0.05, 0) is 43.9 Å². The molecule has 0 saturated heterocycles. The van der Waals surface area contributed by atoms with Crippen LogP contribution < -0.4 is 5.32 Å². The Bertz CT molecular complexity index is 458. The molecule has 0 aliphatic heterocycles. The molecule has 1 aromatic carbocycles. The van der Waals surface area contributed by atoms with Crippen molar-refractivity contribution in [1.82, 2.24) is 4.90 Å². The van der Waals surface area contributed by atoms with Crippen LogP contribution in [-0.4, -0.2) is 35.2 Å². The van der Waals surface area contributed by atoms with Crippen LogP contribution in [0.1, 0.15) is 25.7 Å². The van der Waals surface area contributed by atoms with E-state index in [4.69, 9.17) is 28.3 Å². The number of nitrogens with one attached hydrogen (secondary N) is 1. The first-order chi connectivity index (χ1) is 9.60. The summed E-state index contributed by atoms with van der Waals surface area (Å²) in [6.07, 6.45) is 3.60. The van der Waals surface area contributed by atoms with Crippen LogP contribution in [0.4, 0.5) is 10.5 Å². The lowest BCUT2D eigenvalue weighted by atomic mass is 10.3. The highest BCUT2D eigenvalue weighted by atomic mass is 35.5. The Morgan fingerprint density at radius 2 is 1.90 bits per heavy atom. The molecule has 20 heavy (non-hydrogen) atoms. The first-order valence-corrected chi connectivity index (χ1v) is 7.50. The Morgan fingerprint density at radius 3 is 2.45 bits per heavy atom. The number of unbranched alkanes of at least 4 members (excludes halogenated alkanes) is 1. The molecule has 2 N–H and O–H groups in total. The average Bonchev–Trinajstić information content (AvgIpc) is 3.17. The van der Waals surface area contributed by atoms with E-state index < -0.39 is 0 Å². The van der Waals surface area contributed by atoms with Crippen LogP contribution in [0.25, 0.3) is 0 Å². The molecule has 1 fully saturated rings. The Hall–Kier alpha value is -0.970. The van der Waals surface area contributed by atoms with Gasteiger partial charge in [0, 0.05) is 34.9 Å². The van der Waals surface area contributed by atoms with E-state index in [9.17, 15) is 4.79 Å². The molecule has 6 heteroatoms. The van der Waals surface area contributed by atoms with Gasteiger partial charge in [0.15, 0.2) is 0 Å². The van der Waals surface area contributed by atoms with Crippen LogP contribution in [-0.2, 0) is 0 Å². The molecule has 110 valence electrons. The SMILES string of the molecule is O=C(Nc1cc(Cl)cc(Cl)c1)N(CCCCO)C1CC1. The van der Waals surface area contributed by atoms with Crippen molar-refractivity contribution in [3.8, 4) is 0 Å². The monoisotopic (exact) mass is 316 g/mol. The van der Waals surface area contributed by atoms with Gasteiger partial charge in [0.1, 0.15) is 0 Å². The van der Waals surface area contributed by atoms with Crippen molar-refractivity contribution in [2.24, 2.45) is 0 Å². The lowest BCUT2D eigenvalue weighted by molar-refractivity contribution is 0.204. The Morgan fingerprint density at radius 1 is 1.25 bits per heavy atom. The Balaban J connectivity index is 1.96. The molecule has 0 heterocycles. The summed E-state index contributed by atoms with van der Waals surface area (Å²) >= 11 is 11.8. The second kappa shape index (κ2) is 7.16. The normalized spacial score (nSPS) is 14.2. The van der Waals surface area contributed by atoms with E-state index >= 15 is 0 Å². The highest BCUT2D eigenvalue weighted by Gasteiger charge is 2.32. The molecular weight excluding hydrogens is 299 g/mol. The van der Waals surface area contributed by atoms with E-state index in [2.05, 4.69) is 5.32 Å². The molecule has 0 atom stereocenters. The fourth-order valence-electron chi connectivity index (χ4n) is 2.05. The third-order valence-corrected chi connectivity index (χ3v) is 3.61. The standard InChI is InChI=1S/C14H18Cl2N2O2/c15-10-7-11(16)9-12(8-10)17-14(20)18(13-3-4-13)5-1-2-6-19/h7-9,13,19H,1-6H2,(H,17,20). The van der Waals surface area contributed by atoms with Crippen LogP contribution >= 0.6 is 23.2 Å². The largest absolute Gasteiger partial charge is 0.396 e. The van der Waals surface area contributed by atoms with Gasteiger partial charge in [0.05, 0.1) is 0 Å². The first kappa shape index (κ1) is 15.4. The van der Waals surface area contributed by atoms with Gasteiger partial charge in [-0.3, -0.25) is 0 Å². The molecule has 1 aliphatic rings. The Kier molecular flexibility index (Phi) is 5.52. The molecule has 0 spiro atoms. The molecule has 4 nitrogen and oxygen atoms in total. The fraction of sp³-hybridized carbons (Fsp3) is 0.500. The van der Waals surface area contributed by atoms with Crippen molar-refractivity contribution in [2.75, 3.05) is 18.5 Å². The molecule has 2 rings (SSSR count). The maximum Gasteiger partial charge on any atom is 0.322 e. The minimum absolute atomic E-state index is 0.135. The van der Waals surface area contributed by atoms with Gasteiger partial charge in [0.25, 0.3) is 0 Å². The third-order valence-electron chi connectivity index (χ3n) is 3.17. The number of benzene rings is 1. The van der Waals surface area contributed by atoms with E-state index in [1.54, 1.807) is 18.2 Å². The van der Waals surface area contributed by atoms with Crippen LogP contribution in [0.5, 0.6) is 0 Å². The van der Waals surface area contributed by atoms with Crippen molar-refractivity contribution >= 4 is 34.9 Å². The molecule has 0 radical (unpaired) electrons. The van der Waals surface area contributed by atoms with Gasteiger partial charge in [-0.2, -0.15) is 0 Å². The predicted octanol–water partition coefficient (Wildman–Crippen LogP) is 3.76.